The monoisotopic (exact) mass is 299 g/mol. The second kappa shape index (κ2) is 7.86. The molecule has 0 saturated heterocycles. The van der Waals surface area contributed by atoms with Gasteiger partial charge in [0.25, 0.3) is 5.24 Å². The molecular weight excluding hydrogens is 286 g/mol. The zero-order valence-electron chi connectivity index (χ0n) is 10.6. The van der Waals surface area contributed by atoms with Crippen LogP contribution in [0.3, 0.4) is 0 Å². The second-order valence-corrected chi connectivity index (χ2v) is 4.66. The average Bonchev–Trinajstić information content (AvgIpc) is 2.40. The van der Waals surface area contributed by atoms with Crippen molar-refractivity contribution in [2.75, 3.05) is 12.9 Å². The van der Waals surface area contributed by atoms with Gasteiger partial charge in [0.1, 0.15) is 5.70 Å². The van der Waals surface area contributed by atoms with Gasteiger partial charge in [-0.1, -0.05) is 35.5 Å². The third-order valence-electron chi connectivity index (χ3n) is 2.10. The Balaban J connectivity index is 2.97. The van der Waals surface area contributed by atoms with Crippen molar-refractivity contribution < 1.29 is 14.3 Å². The fourth-order valence-electron chi connectivity index (χ4n) is 1.24. The van der Waals surface area contributed by atoms with Gasteiger partial charge in [-0.25, -0.2) is 4.79 Å². The molecule has 1 N–H and O–H groups in total. The predicted molar refractivity (Wildman–Crippen MR) is 78.1 cm³/mol. The largest absolute Gasteiger partial charge is 0.461 e. The molecule has 0 aliphatic heterocycles. The lowest BCUT2D eigenvalue weighted by Gasteiger charge is -2.08. The predicted octanol–water partition coefficient (Wildman–Crippen LogP) is 3.32. The Kier molecular flexibility index (Phi) is 6.45. The summed E-state index contributed by atoms with van der Waals surface area (Å²) in [6, 6.07) is 6.89. The van der Waals surface area contributed by atoms with Crippen molar-refractivity contribution in [3.63, 3.8) is 0 Å². The van der Waals surface area contributed by atoms with E-state index in [4.69, 9.17) is 16.3 Å². The summed E-state index contributed by atoms with van der Waals surface area (Å²) in [6.45, 7) is 1.94. The molecule has 6 heteroatoms. The number of hydrogen-bond acceptors (Lipinski definition) is 4. The fourth-order valence-corrected chi connectivity index (χ4v) is 1.58. The first kappa shape index (κ1) is 15.6. The highest BCUT2D eigenvalue weighted by atomic mass is 35.5. The van der Waals surface area contributed by atoms with E-state index in [0.29, 0.717) is 5.02 Å². The first-order chi connectivity index (χ1) is 9.06. The Morgan fingerprint density at radius 3 is 2.53 bits per heavy atom. The number of carbonyl (C=O) groups is 2. The fraction of sp³-hybridized carbons (Fsp3) is 0.231. The molecule has 0 aromatic heterocycles. The maximum Gasteiger partial charge on any atom is 0.354 e. The van der Waals surface area contributed by atoms with Crippen molar-refractivity contribution in [2.45, 2.75) is 6.92 Å². The van der Waals surface area contributed by atoms with Crippen LogP contribution in [0.15, 0.2) is 30.0 Å². The first-order valence-electron chi connectivity index (χ1n) is 5.56. The van der Waals surface area contributed by atoms with Crippen molar-refractivity contribution in [3.8, 4) is 0 Å². The van der Waals surface area contributed by atoms with E-state index in [1.54, 1.807) is 43.5 Å². The topological polar surface area (TPSA) is 55.4 Å². The van der Waals surface area contributed by atoms with E-state index in [2.05, 4.69) is 5.32 Å². The molecule has 19 heavy (non-hydrogen) atoms. The number of esters is 1. The van der Waals surface area contributed by atoms with Crippen LogP contribution in [0.1, 0.15) is 12.5 Å². The smallest absolute Gasteiger partial charge is 0.354 e. The SMILES string of the molecule is CCOC(=O)/C(=C/c1ccc(Cl)cc1)NC(=O)SC. The minimum Gasteiger partial charge on any atom is -0.461 e. The molecule has 0 fully saturated rings. The van der Waals surface area contributed by atoms with E-state index in [1.165, 1.54) is 0 Å². The van der Waals surface area contributed by atoms with E-state index in [9.17, 15) is 9.59 Å². The van der Waals surface area contributed by atoms with E-state index >= 15 is 0 Å². The summed E-state index contributed by atoms with van der Waals surface area (Å²) in [5, 5.41) is 2.77. The molecule has 102 valence electrons. The molecule has 1 rings (SSSR count). The van der Waals surface area contributed by atoms with Gasteiger partial charge < -0.3 is 10.1 Å². The van der Waals surface area contributed by atoms with Crippen LogP contribution in [0.5, 0.6) is 0 Å². The van der Waals surface area contributed by atoms with Crippen LogP contribution in [0, 0.1) is 0 Å². The second-order valence-electron chi connectivity index (χ2n) is 3.45. The van der Waals surface area contributed by atoms with E-state index in [0.717, 1.165) is 17.3 Å². The number of ether oxygens (including phenoxy) is 1. The zero-order chi connectivity index (χ0) is 14.3. The van der Waals surface area contributed by atoms with Gasteiger partial charge in [-0.2, -0.15) is 0 Å². The summed E-state index contributed by atoms with van der Waals surface area (Å²) in [4.78, 5) is 23.1. The molecule has 0 spiro atoms. The van der Waals surface area contributed by atoms with E-state index < -0.39 is 5.97 Å². The molecule has 0 unspecified atom stereocenters. The average molecular weight is 300 g/mol. The van der Waals surface area contributed by atoms with Gasteiger partial charge in [0.15, 0.2) is 0 Å². The number of amides is 1. The molecule has 1 aromatic rings. The van der Waals surface area contributed by atoms with Gasteiger partial charge in [-0.05, 0) is 37.0 Å². The van der Waals surface area contributed by atoms with Gasteiger partial charge in [-0.3, -0.25) is 4.79 Å². The van der Waals surface area contributed by atoms with Gasteiger partial charge >= 0.3 is 5.97 Å². The molecule has 1 amide bonds. The van der Waals surface area contributed by atoms with Gasteiger partial charge in [0.05, 0.1) is 6.61 Å². The third-order valence-corrected chi connectivity index (χ3v) is 2.82. The number of benzene rings is 1. The quantitative estimate of drug-likeness (QED) is 0.684. The Morgan fingerprint density at radius 1 is 1.37 bits per heavy atom. The summed E-state index contributed by atoms with van der Waals surface area (Å²) in [6.07, 6.45) is 3.17. The lowest BCUT2D eigenvalue weighted by atomic mass is 10.2. The number of hydrogen-bond donors (Lipinski definition) is 1. The van der Waals surface area contributed by atoms with Crippen molar-refractivity contribution in [1.29, 1.82) is 0 Å². The summed E-state index contributed by atoms with van der Waals surface area (Å²) in [5.41, 5.74) is 0.845. The van der Waals surface area contributed by atoms with Crippen molar-refractivity contribution >= 4 is 40.6 Å². The van der Waals surface area contributed by atoms with E-state index in [-0.39, 0.29) is 17.5 Å². The zero-order valence-corrected chi connectivity index (χ0v) is 12.2. The summed E-state index contributed by atoms with van der Waals surface area (Å²) >= 11 is 6.76. The van der Waals surface area contributed by atoms with Crippen LogP contribution in [0.25, 0.3) is 6.08 Å². The minimum absolute atomic E-state index is 0.100. The normalized spacial score (nSPS) is 11.0. The van der Waals surface area contributed by atoms with Crippen molar-refractivity contribution in [3.05, 3.63) is 40.5 Å². The van der Waals surface area contributed by atoms with Crippen LogP contribution in [0.4, 0.5) is 4.79 Å². The third kappa shape index (κ3) is 5.36. The van der Waals surface area contributed by atoms with Gasteiger partial charge in [0.2, 0.25) is 0 Å². The number of rotatable bonds is 4. The standard InChI is InChI=1S/C13H14ClNO3S/c1-3-18-12(16)11(15-13(17)19-2)8-9-4-6-10(14)7-5-9/h4-8H,3H2,1-2H3,(H,15,17)/b11-8-. The summed E-state index contributed by atoms with van der Waals surface area (Å²) < 4.78 is 4.89. The first-order valence-corrected chi connectivity index (χ1v) is 7.16. The number of carbonyl (C=O) groups excluding carboxylic acids is 2. The maximum absolute atomic E-state index is 11.7. The van der Waals surface area contributed by atoms with Crippen LogP contribution in [0.2, 0.25) is 5.02 Å². The van der Waals surface area contributed by atoms with Crippen LogP contribution < -0.4 is 5.32 Å². The molecule has 0 aliphatic carbocycles. The number of nitrogens with one attached hydrogen (secondary N) is 1. The van der Waals surface area contributed by atoms with Crippen LogP contribution in [-0.2, 0) is 9.53 Å². The molecule has 0 bridgehead atoms. The maximum atomic E-state index is 11.7. The Hall–Kier alpha value is -1.46. The minimum atomic E-state index is -0.570. The molecule has 4 nitrogen and oxygen atoms in total. The summed E-state index contributed by atoms with van der Waals surface area (Å²) in [7, 11) is 0. The number of thioether (sulfide) groups is 1. The number of halogens is 1. The molecule has 0 aliphatic rings. The molecule has 0 saturated carbocycles. The summed E-state index contributed by atoms with van der Waals surface area (Å²) in [5.74, 6) is -0.570. The molecular formula is C13H14ClNO3S. The molecule has 1 aromatic carbocycles. The highest BCUT2D eigenvalue weighted by Crippen LogP contribution is 2.13. The van der Waals surface area contributed by atoms with Crippen molar-refractivity contribution in [2.24, 2.45) is 0 Å². The lowest BCUT2D eigenvalue weighted by Crippen LogP contribution is -2.25. The van der Waals surface area contributed by atoms with Gasteiger partial charge in [0, 0.05) is 5.02 Å². The highest BCUT2D eigenvalue weighted by molar-refractivity contribution is 8.13. The molecule has 0 atom stereocenters. The highest BCUT2D eigenvalue weighted by Gasteiger charge is 2.13. The van der Waals surface area contributed by atoms with Crippen LogP contribution in [-0.4, -0.2) is 24.1 Å². The lowest BCUT2D eigenvalue weighted by molar-refractivity contribution is -0.138. The molecule has 0 heterocycles. The Labute approximate surface area is 121 Å². The van der Waals surface area contributed by atoms with E-state index in [1.807, 2.05) is 0 Å². The van der Waals surface area contributed by atoms with Gasteiger partial charge in [-0.15, -0.1) is 0 Å². The van der Waals surface area contributed by atoms with Crippen molar-refractivity contribution in [1.82, 2.24) is 5.32 Å². The Bertz CT molecular complexity index is 485. The Morgan fingerprint density at radius 2 is 2.00 bits per heavy atom. The van der Waals surface area contributed by atoms with Crippen LogP contribution >= 0.6 is 23.4 Å². The molecule has 0 radical (unpaired) electrons.